The molecule has 2 aromatic rings. The number of benzene rings is 1. The van der Waals surface area contributed by atoms with Gasteiger partial charge in [0.1, 0.15) is 0 Å². The van der Waals surface area contributed by atoms with Gasteiger partial charge in [0.15, 0.2) is 0 Å². The smallest absolute Gasteiger partial charge is 0.0906 e. The van der Waals surface area contributed by atoms with Crippen molar-refractivity contribution in [3.8, 4) is 0 Å². The fourth-order valence-corrected chi connectivity index (χ4v) is 2.03. The van der Waals surface area contributed by atoms with Crippen LogP contribution < -0.4 is 5.73 Å². The normalized spacial score (nSPS) is 10.9. The fraction of sp³-hybridized carbons (Fsp3) is 0.250. The van der Waals surface area contributed by atoms with Gasteiger partial charge in [0, 0.05) is 11.1 Å². The second-order valence-electron chi connectivity index (χ2n) is 3.62. The summed E-state index contributed by atoms with van der Waals surface area (Å²) in [5, 5.41) is 2.21. The number of aromatic nitrogens is 1. The first kappa shape index (κ1) is 11.6. The Morgan fingerprint density at radius 1 is 1.06 bits per heavy atom. The molecule has 0 aliphatic carbocycles. The van der Waals surface area contributed by atoms with Crippen molar-refractivity contribution in [2.24, 2.45) is 5.73 Å². The highest BCUT2D eigenvalue weighted by molar-refractivity contribution is 6.39. The Balaban J connectivity index is 2.48. The molecule has 0 radical (unpaired) electrons. The van der Waals surface area contributed by atoms with Crippen molar-refractivity contribution in [1.29, 1.82) is 0 Å². The summed E-state index contributed by atoms with van der Waals surface area (Å²) in [6.07, 6.45) is 1.80. The Kier molecular flexibility index (Phi) is 3.64. The Labute approximate surface area is 104 Å². The minimum Gasteiger partial charge on any atom is -0.330 e. The van der Waals surface area contributed by atoms with Crippen LogP contribution in [0.15, 0.2) is 24.3 Å². The summed E-state index contributed by atoms with van der Waals surface area (Å²) in [5.74, 6) is 0. The van der Waals surface area contributed by atoms with Gasteiger partial charge in [-0.25, -0.2) is 0 Å². The molecule has 0 atom stereocenters. The second-order valence-corrected chi connectivity index (χ2v) is 4.43. The van der Waals surface area contributed by atoms with Crippen molar-refractivity contribution >= 4 is 34.1 Å². The fourth-order valence-electron chi connectivity index (χ4n) is 1.61. The summed E-state index contributed by atoms with van der Waals surface area (Å²) in [7, 11) is 0. The van der Waals surface area contributed by atoms with E-state index in [-0.39, 0.29) is 0 Å². The maximum absolute atomic E-state index is 6.09. The maximum atomic E-state index is 6.09. The molecule has 84 valence electrons. The summed E-state index contributed by atoms with van der Waals surface area (Å²) >= 11 is 12.2. The lowest BCUT2D eigenvalue weighted by Crippen LogP contribution is -2.01. The van der Waals surface area contributed by atoms with Gasteiger partial charge in [0.25, 0.3) is 0 Å². The molecule has 2 N–H and O–H groups in total. The first-order valence-electron chi connectivity index (χ1n) is 5.16. The third kappa shape index (κ3) is 2.29. The predicted octanol–water partition coefficient (Wildman–Crippen LogP) is 3.43. The van der Waals surface area contributed by atoms with E-state index >= 15 is 0 Å². The van der Waals surface area contributed by atoms with E-state index in [2.05, 4.69) is 4.98 Å². The monoisotopic (exact) mass is 254 g/mol. The van der Waals surface area contributed by atoms with Crippen LogP contribution in [0.4, 0.5) is 0 Å². The minimum atomic E-state index is 0.633. The topological polar surface area (TPSA) is 38.9 Å². The second kappa shape index (κ2) is 5.00. The average molecular weight is 255 g/mol. The highest BCUT2D eigenvalue weighted by atomic mass is 35.5. The van der Waals surface area contributed by atoms with Gasteiger partial charge in [-0.05, 0) is 43.7 Å². The van der Waals surface area contributed by atoms with Gasteiger partial charge in [-0.1, -0.05) is 23.2 Å². The number of nitrogens with two attached hydrogens (primary N) is 1. The van der Waals surface area contributed by atoms with Gasteiger partial charge in [0.05, 0.1) is 15.6 Å². The van der Waals surface area contributed by atoms with Crippen LogP contribution in [-0.4, -0.2) is 11.5 Å². The van der Waals surface area contributed by atoms with Crippen LogP contribution in [0.25, 0.3) is 10.9 Å². The lowest BCUT2D eigenvalue weighted by Gasteiger charge is -2.05. The number of hydrogen-bond donors (Lipinski definition) is 1. The zero-order chi connectivity index (χ0) is 11.5. The first-order chi connectivity index (χ1) is 7.72. The molecule has 2 nitrogen and oxygen atoms in total. The molecule has 1 aromatic carbocycles. The molecule has 0 fully saturated rings. The molecular weight excluding hydrogens is 243 g/mol. The summed E-state index contributed by atoms with van der Waals surface area (Å²) in [5.41, 5.74) is 7.24. The van der Waals surface area contributed by atoms with Crippen molar-refractivity contribution in [3.05, 3.63) is 40.0 Å². The van der Waals surface area contributed by atoms with Gasteiger partial charge in [-0.3, -0.25) is 4.98 Å². The number of halogens is 2. The van der Waals surface area contributed by atoms with Crippen LogP contribution in [0.3, 0.4) is 0 Å². The van der Waals surface area contributed by atoms with Crippen molar-refractivity contribution in [2.75, 3.05) is 6.54 Å². The lowest BCUT2D eigenvalue weighted by atomic mass is 10.1. The number of nitrogens with zero attached hydrogens (tertiary/aromatic N) is 1. The SMILES string of the molecule is NCCCc1ccc2c(Cl)ccc(Cl)c2n1. The number of aryl methyl sites for hydroxylation is 1. The number of pyridine rings is 1. The van der Waals surface area contributed by atoms with E-state index in [1.165, 1.54) is 0 Å². The summed E-state index contributed by atoms with van der Waals surface area (Å²) < 4.78 is 0. The highest BCUT2D eigenvalue weighted by Gasteiger charge is 2.05. The molecule has 1 aromatic heterocycles. The van der Waals surface area contributed by atoms with E-state index in [1.807, 2.05) is 12.1 Å². The van der Waals surface area contributed by atoms with Crippen molar-refractivity contribution in [2.45, 2.75) is 12.8 Å². The Morgan fingerprint density at radius 2 is 1.81 bits per heavy atom. The minimum absolute atomic E-state index is 0.633. The number of hydrogen-bond acceptors (Lipinski definition) is 2. The number of rotatable bonds is 3. The highest BCUT2D eigenvalue weighted by Crippen LogP contribution is 2.28. The van der Waals surface area contributed by atoms with E-state index in [0.29, 0.717) is 16.6 Å². The van der Waals surface area contributed by atoms with Crippen LogP contribution in [0, 0.1) is 0 Å². The summed E-state index contributed by atoms with van der Waals surface area (Å²) in [6, 6.07) is 7.49. The van der Waals surface area contributed by atoms with Crippen molar-refractivity contribution in [3.63, 3.8) is 0 Å². The molecule has 0 bridgehead atoms. The maximum Gasteiger partial charge on any atom is 0.0906 e. The van der Waals surface area contributed by atoms with E-state index < -0.39 is 0 Å². The standard InChI is InChI=1S/C12H12Cl2N2/c13-10-5-6-11(14)12-9(10)4-3-8(16-12)2-1-7-15/h3-6H,1-2,7,15H2. The number of fused-ring (bicyclic) bond motifs is 1. The van der Waals surface area contributed by atoms with E-state index in [4.69, 9.17) is 28.9 Å². The van der Waals surface area contributed by atoms with Crippen LogP contribution >= 0.6 is 23.2 Å². The molecule has 0 saturated carbocycles. The molecule has 0 unspecified atom stereocenters. The molecule has 16 heavy (non-hydrogen) atoms. The van der Waals surface area contributed by atoms with E-state index in [1.54, 1.807) is 12.1 Å². The van der Waals surface area contributed by atoms with Gasteiger partial charge in [0.2, 0.25) is 0 Å². The molecule has 0 aliphatic heterocycles. The molecular formula is C12H12Cl2N2. The molecule has 1 heterocycles. The zero-order valence-corrected chi connectivity index (χ0v) is 10.2. The Morgan fingerprint density at radius 3 is 2.56 bits per heavy atom. The lowest BCUT2D eigenvalue weighted by molar-refractivity contribution is 0.814. The van der Waals surface area contributed by atoms with Crippen LogP contribution in [-0.2, 0) is 6.42 Å². The third-order valence-electron chi connectivity index (χ3n) is 2.45. The Hall–Kier alpha value is -0.830. The third-order valence-corrected chi connectivity index (χ3v) is 3.08. The first-order valence-corrected chi connectivity index (χ1v) is 5.91. The largest absolute Gasteiger partial charge is 0.330 e. The predicted molar refractivity (Wildman–Crippen MR) is 69.1 cm³/mol. The van der Waals surface area contributed by atoms with Gasteiger partial charge < -0.3 is 5.73 Å². The molecule has 0 amide bonds. The van der Waals surface area contributed by atoms with E-state index in [0.717, 1.165) is 29.4 Å². The molecule has 2 rings (SSSR count). The molecule has 4 heteroatoms. The zero-order valence-electron chi connectivity index (χ0n) is 8.71. The summed E-state index contributed by atoms with van der Waals surface area (Å²) in [6.45, 7) is 0.670. The van der Waals surface area contributed by atoms with E-state index in [9.17, 15) is 0 Å². The van der Waals surface area contributed by atoms with Crippen LogP contribution in [0.2, 0.25) is 10.0 Å². The van der Waals surface area contributed by atoms with Crippen LogP contribution in [0.5, 0.6) is 0 Å². The van der Waals surface area contributed by atoms with Gasteiger partial charge in [-0.2, -0.15) is 0 Å². The Bertz CT molecular complexity index is 512. The molecule has 0 aliphatic rings. The molecule has 0 saturated heterocycles. The molecule has 0 spiro atoms. The van der Waals surface area contributed by atoms with Crippen molar-refractivity contribution in [1.82, 2.24) is 4.98 Å². The van der Waals surface area contributed by atoms with Crippen molar-refractivity contribution < 1.29 is 0 Å². The van der Waals surface area contributed by atoms with Crippen LogP contribution in [0.1, 0.15) is 12.1 Å². The van der Waals surface area contributed by atoms with Gasteiger partial charge >= 0.3 is 0 Å². The summed E-state index contributed by atoms with van der Waals surface area (Å²) in [4.78, 5) is 4.50. The average Bonchev–Trinajstić information content (AvgIpc) is 2.31. The van der Waals surface area contributed by atoms with Gasteiger partial charge in [-0.15, -0.1) is 0 Å². The quantitative estimate of drug-likeness (QED) is 0.912.